The van der Waals surface area contributed by atoms with Gasteiger partial charge in [0.15, 0.2) is 9.84 Å². The number of hydrogen-bond acceptors (Lipinski definition) is 4. The Morgan fingerprint density at radius 2 is 2.40 bits per heavy atom. The van der Waals surface area contributed by atoms with E-state index in [4.69, 9.17) is 5.11 Å². The molecule has 0 saturated carbocycles. The van der Waals surface area contributed by atoms with Crippen LogP contribution in [0.4, 0.5) is 0 Å². The molecule has 15 heavy (non-hydrogen) atoms. The molecule has 0 aliphatic carbocycles. The first-order chi connectivity index (χ1) is 7.09. The Bertz CT molecular complexity index is 438. The van der Waals surface area contributed by atoms with Gasteiger partial charge in [0.05, 0.1) is 29.5 Å². The maximum absolute atomic E-state index is 11.2. The summed E-state index contributed by atoms with van der Waals surface area (Å²) in [7, 11) is -2.80. The molecule has 1 saturated heterocycles. The van der Waals surface area contributed by atoms with Crippen molar-refractivity contribution in [2.24, 2.45) is 5.92 Å². The fourth-order valence-corrected chi connectivity index (χ4v) is 3.79. The molecule has 1 fully saturated rings. The van der Waals surface area contributed by atoms with Crippen molar-refractivity contribution in [2.75, 3.05) is 11.5 Å². The zero-order chi connectivity index (χ0) is 10.9. The monoisotopic (exact) mass is 230 g/mol. The molecule has 2 heterocycles. The maximum Gasteiger partial charge on any atom is 0.150 e. The van der Waals surface area contributed by atoms with Gasteiger partial charge in [0.25, 0.3) is 0 Å². The Hall–Kier alpha value is -0.880. The van der Waals surface area contributed by atoms with Crippen LogP contribution in [0, 0.1) is 5.92 Å². The van der Waals surface area contributed by atoms with Crippen molar-refractivity contribution in [3.8, 4) is 0 Å². The van der Waals surface area contributed by atoms with E-state index in [-0.39, 0.29) is 18.3 Å². The third-order valence-corrected chi connectivity index (χ3v) is 4.52. The predicted octanol–water partition coefficient (Wildman–Crippen LogP) is -0.121. The number of nitrogens with zero attached hydrogens (tertiary/aromatic N) is 1. The Balaban J connectivity index is 1.98. The van der Waals surface area contributed by atoms with Crippen LogP contribution in [0.25, 0.3) is 0 Å². The van der Waals surface area contributed by atoms with Crippen LogP contribution in [0.3, 0.4) is 0 Å². The van der Waals surface area contributed by atoms with Crippen molar-refractivity contribution in [3.05, 3.63) is 17.5 Å². The normalized spacial score (nSPS) is 24.5. The van der Waals surface area contributed by atoms with Gasteiger partial charge in [-0.15, -0.1) is 0 Å². The number of aliphatic hydroxyl groups excluding tert-OH is 1. The molecule has 0 radical (unpaired) electrons. The predicted molar refractivity (Wildman–Crippen MR) is 55.0 cm³/mol. The van der Waals surface area contributed by atoms with E-state index in [0.29, 0.717) is 17.9 Å². The summed E-state index contributed by atoms with van der Waals surface area (Å²) in [5.41, 5.74) is 1.51. The average molecular weight is 230 g/mol. The molecule has 0 bridgehead atoms. The van der Waals surface area contributed by atoms with Crippen LogP contribution < -0.4 is 0 Å². The van der Waals surface area contributed by atoms with Crippen molar-refractivity contribution >= 4 is 9.84 Å². The number of sulfone groups is 1. The molecule has 1 aromatic rings. The van der Waals surface area contributed by atoms with E-state index in [9.17, 15) is 8.42 Å². The van der Waals surface area contributed by atoms with Crippen molar-refractivity contribution in [2.45, 2.75) is 19.4 Å². The van der Waals surface area contributed by atoms with Crippen LogP contribution in [0.2, 0.25) is 0 Å². The van der Waals surface area contributed by atoms with Gasteiger partial charge in [-0.05, 0) is 24.8 Å². The maximum atomic E-state index is 11.2. The number of nitrogens with one attached hydrogen (secondary N) is 1. The topological polar surface area (TPSA) is 83.0 Å². The molecule has 0 amide bonds. The largest absolute Gasteiger partial charge is 0.390 e. The van der Waals surface area contributed by atoms with Gasteiger partial charge in [0.1, 0.15) is 0 Å². The van der Waals surface area contributed by atoms with E-state index < -0.39 is 9.84 Å². The summed E-state index contributed by atoms with van der Waals surface area (Å²) in [5.74, 6) is 0.758. The molecule has 0 spiro atoms. The van der Waals surface area contributed by atoms with Gasteiger partial charge in [0.2, 0.25) is 0 Å². The molecular weight excluding hydrogens is 216 g/mol. The fourth-order valence-electron chi connectivity index (χ4n) is 1.92. The lowest BCUT2D eigenvalue weighted by atomic mass is 10.0. The van der Waals surface area contributed by atoms with E-state index in [0.717, 1.165) is 12.1 Å². The number of hydrogen-bond donors (Lipinski definition) is 2. The molecule has 1 unspecified atom stereocenters. The first-order valence-electron chi connectivity index (χ1n) is 4.93. The molecule has 84 valence electrons. The molecular formula is C9H14N2O3S. The summed E-state index contributed by atoms with van der Waals surface area (Å²) < 4.78 is 22.4. The van der Waals surface area contributed by atoms with Crippen molar-refractivity contribution < 1.29 is 13.5 Å². The summed E-state index contributed by atoms with van der Waals surface area (Å²) in [6.07, 6.45) is 1.40. The molecule has 1 atom stereocenters. The zero-order valence-corrected chi connectivity index (χ0v) is 9.13. The van der Waals surface area contributed by atoms with Crippen molar-refractivity contribution in [1.29, 1.82) is 0 Å². The molecule has 2 N–H and O–H groups in total. The molecule has 1 aliphatic rings. The SMILES string of the molecule is O=S1(=O)CCC(Cc2cc(CO)[nH]n2)C1. The molecule has 1 aliphatic heterocycles. The Morgan fingerprint density at radius 1 is 1.60 bits per heavy atom. The average Bonchev–Trinajstić information content (AvgIpc) is 2.73. The summed E-state index contributed by atoms with van der Waals surface area (Å²) in [6, 6.07) is 1.78. The van der Waals surface area contributed by atoms with Crippen LogP contribution in [-0.2, 0) is 22.9 Å². The minimum atomic E-state index is -2.80. The highest BCUT2D eigenvalue weighted by Crippen LogP contribution is 2.21. The smallest absolute Gasteiger partial charge is 0.150 e. The summed E-state index contributed by atoms with van der Waals surface area (Å²) in [6.45, 7) is -0.0596. The third-order valence-electron chi connectivity index (χ3n) is 2.68. The van der Waals surface area contributed by atoms with Gasteiger partial charge in [0, 0.05) is 0 Å². The highest BCUT2D eigenvalue weighted by molar-refractivity contribution is 7.91. The Morgan fingerprint density at radius 3 is 2.93 bits per heavy atom. The second-order valence-corrected chi connectivity index (χ2v) is 6.24. The lowest BCUT2D eigenvalue weighted by Crippen LogP contribution is -2.07. The summed E-state index contributed by atoms with van der Waals surface area (Å²) >= 11 is 0. The first-order valence-corrected chi connectivity index (χ1v) is 6.75. The van der Waals surface area contributed by atoms with Gasteiger partial charge in [-0.25, -0.2) is 8.42 Å². The summed E-state index contributed by atoms with van der Waals surface area (Å²) in [4.78, 5) is 0. The molecule has 0 aromatic carbocycles. The first kappa shape index (κ1) is 10.6. The fraction of sp³-hybridized carbons (Fsp3) is 0.667. The van der Waals surface area contributed by atoms with E-state index in [1.54, 1.807) is 6.07 Å². The molecule has 6 heteroatoms. The van der Waals surface area contributed by atoms with Gasteiger partial charge < -0.3 is 5.11 Å². The second-order valence-electron chi connectivity index (χ2n) is 4.02. The van der Waals surface area contributed by atoms with Crippen LogP contribution in [0.15, 0.2) is 6.07 Å². The minimum Gasteiger partial charge on any atom is -0.390 e. The van der Waals surface area contributed by atoms with Crippen LogP contribution in [-0.4, -0.2) is 35.2 Å². The zero-order valence-electron chi connectivity index (χ0n) is 8.31. The lowest BCUT2D eigenvalue weighted by molar-refractivity contribution is 0.276. The van der Waals surface area contributed by atoms with Gasteiger partial charge in [-0.1, -0.05) is 0 Å². The van der Waals surface area contributed by atoms with E-state index >= 15 is 0 Å². The number of aromatic amines is 1. The standard InChI is InChI=1S/C9H14N2O3S/c12-5-9-4-8(10-11-9)3-7-1-2-15(13,14)6-7/h4,7,12H,1-3,5-6H2,(H,10,11). The number of rotatable bonds is 3. The van der Waals surface area contributed by atoms with Crippen molar-refractivity contribution in [1.82, 2.24) is 10.2 Å². The minimum absolute atomic E-state index is 0.0596. The molecule has 1 aromatic heterocycles. The Labute approximate surface area is 88.4 Å². The highest BCUT2D eigenvalue weighted by Gasteiger charge is 2.28. The van der Waals surface area contributed by atoms with Crippen molar-refractivity contribution in [3.63, 3.8) is 0 Å². The number of H-pyrrole nitrogens is 1. The van der Waals surface area contributed by atoms with Gasteiger partial charge in [-0.2, -0.15) is 5.10 Å². The quantitative estimate of drug-likeness (QED) is 0.758. The molecule has 5 nitrogen and oxygen atoms in total. The van der Waals surface area contributed by atoms with Crippen LogP contribution in [0.1, 0.15) is 17.8 Å². The van der Waals surface area contributed by atoms with Gasteiger partial charge >= 0.3 is 0 Å². The highest BCUT2D eigenvalue weighted by atomic mass is 32.2. The van der Waals surface area contributed by atoms with Gasteiger partial charge in [-0.3, -0.25) is 5.10 Å². The third kappa shape index (κ3) is 2.57. The lowest BCUT2D eigenvalue weighted by Gasteiger charge is -2.02. The van der Waals surface area contributed by atoms with E-state index in [1.807, 2.05) is 0 Å². The second kappa shape index (κ2) is 3.94. The summed E-state index contributed by atoms with van der Waals surface area (Å²) in [5, 5.41) is 15.5. The van der Waals surface area contributed by atoms with Crippen LogP contribution >= 0.6 is 0 Å². The van der Waals surface area contributed by atoms with E-state index in [2.05, 4.69) is 10.2 Å². The number of aromatic nitrogens is 2. The Kier molecular flexibility index (Phi) is 2.79. The van der Waals surface area contributed by atoms with Crippen LogP contribution in [0.5, 0.6) is 0 Å². The van der Waals surface area contributed by atoms with E-state index in [1.165, 1.54) is 0 Å². The number of aliphatic hydroxyl groups is 1. The molecule has 2 rings (SSSR count).